The largest absolute Gasteiger partial charge is 0.349 e. The summed E-state index contributed by atoms with van der Waals surface area (Å²) in [6.07, 6.45) is 0. The number of aromatic nitrogens is 1. The van der Waals surface area contributed by atoms with Crippen molar-refractivity contribution in [2.45, 2.75) is 20.6 Å². The topological polar surface area (TPSA) is 16.1 Å². The summed E-state index contributed by atoms with van der Waals surface area (Å²) in [5.41, 5.74) is 0. The van der Waals surface area contributed by atoms with Gasteiger partial charge in [-0.1, -0.05) is 0 Å². The van der Waals surface area contributed by atoms with Gasteiger partial charge in [-0.15, -0.1) is 11.3 Å². The van der Waals surface area contributed by atoms with Crippen LogP contribution in [0.4, 0.5) is 5.13 Å². The molecule has 0 saturated carbocycles. The molecular weight excluding hydrogens is 236 g/mol. The zero-order valence-electron chi connectivity index (χ0n) is 18.7. The van der Waals surface area contributed by atoms with Crippen LogP contribution < -0.4 is 4.90 Å². The third-order valence-corrected chi connectivity index (χ3v) is 2.68. The Hall–Kier alpha value is -0.0900. The second-order valence-electron chi connectivity index (χ2n) is 1.68. The predicted octanol–water partition coefficient (Wildman–Crippen LogP) is 3.06. The molecule has 0 unspecified atom stereocenters. The van der Waals surface area contributed by atoms with Gasteiger partial charge < -0.3 is 4.90 Å². The highest BCUT2D eigenvalue weighted by atomic mass is 79.9. The van der Waals surface area contributed by atoms with E-state index in [2.05, 4.69) is 20.9 Å². The number of hydrogen-bond acceptors (Lipinski definition) is 3. The lowest BCUT2D eigenvalue weighted by atomic mass is 10.6. The molecule has 12 heavy (non-hydrogen) atoms. The van der Waals surface area contributed by atoms with E-state index < -0.39 is 43.6 Å². The van der Waals surface area contributed by atoms with Crippen LogP contribution in [0, 0.1) is 6.85 Å². The van der Waals surface area contributed by atoms with E-state index in [1.807, 2.05) is 0 Å². The van der Waals surface area contributed by atoms with Gasteiger partial charge in [-0.05, 0) is 36.5 Å². The highest BCUT2D eigenvalue weighted by Crippen LogP contribution is 2.28. The van der Waals surface area contributed by atoms with Crippen molar-refractivity contribution < 1.29 is 17.8 Å². The maximum Gasteiger partial charge on any atom is 0.186 e. The smallest absolute Gasteiger partial charge is 0.186 e. The van der Waals surface area contributed by atoms with Crippen molar-refractivity contribution in [2.75, 3.05) is 17.9 Å². The first-order chi connectivity index (χ1) is 10.7. The Morgan fingerprint density at radius 2 is 2.42 bits per heavy atom. The molecule has 1 heterocycles. The quantitative estimate of drug-likeness (QED) is 0.832. The Labute approximate surface area is 104 Å². The Morgan fingerprint density at radius 1 is 1.67 bits per heavy atom. The normalized spacial score (nSPS) is 31.9. The van der Waals surface area contributed by atoms with Gasteiger partial charge in [0, 0.05) is 35.7 Å². The minimum Gasteiger partial charge on any atom is -0.349 e. The Balaban J connectivity index is 3.72. The van der Waals surface area contributed by atoms with Gasteiger partial charge in [0.1, 0.15) is 4.60 Å². The van der Waals surface area contributed by atoms with E-state index in [-0.39, 0.29) is 20.8 Å². The number of anilines is 1. The third kappa shape index (κ3) is 1.98. The molecule has 0 aliphatic rings. The molecule has 0 amide bonds. The Bertz CT molecular complexity index is 601. The Morgan fingerprint density at radius 3 is 2.92 bits per heavy atom. The van der Waals surface area contributed by atoms with E-state index in [1.54, 1.807) is 0 Å². The van der Waals surface area contributed by atoms with E-state index in [0.717, 1.165) is 0 Å². The molecule has 0 N–H and O–H groups in total. The minimum absolute atomic E-state index is 0.134. The highest BCUT2D eigenvalue weighted by molar-refractivity contribution is 9.10. The molecule has 2 nitrogen and oxygen atoms in total. The van der Waals surface area contributed by atoms with Gasteiger partial charge in [0.05, 0.1) is 0 Å². The van der Waals surface area contributed by atoms with Crippen molar-refractivity contribution in [2.24, 2.45) is 0 Å². The molecule has 0 aromatic carbocycles. The van der Waals surface area contributed by atoms with Crippen molar-refractivity contribution in [1.29, 1.82) is 0 Å². The third-order valence-electron chi connectivity index (χ3n) is 0.989. The molecule has 0 saturated heterocycles. The lowest BCUT2D eigenvalue weighted by Gasteiger charge is -2.16. The van der Waals surface area contributed by atoms with Crippen LogP contribution in [0.3, 0.4) is 0 Å². The first kappa shape index (κ1) is 2.28. The molecule has 0 aliphatic carbocycles. The number of hydrogen-bond donors (Lipinski definition) is 0. The van der Waals surface area contributed by atoms with Crippen LogP contribution in [0.5, 0.6) is 0 Å². The van der Waals surface area contributed by atoms with Crippen molar-refractivity contribution in [3.05, 3.63) is 9.48 Å². The number of nitrogens with zero attached hydrogens (tertiary/aromatic N) is 2. The molecule has 0 radical (unpaired) electrons. The molecule has 0 bridgehead atoms. The summed E-state index contributed by atoms with van der Waals surface area (Å²) in [6, 6.07) is 0. The van der Waals surface area contributed by atoms with Crippen LogP contribution in [-0.2, 0) is 0 Å². The molecule has 1 rings (SSSR count). The van der Waals surface area contributed by atoms with Crippen molar-refractivity contribution in [3.8, 4) is 0 Å². The molecule has 1 aromatic heterocycles. The molecule has 68 valence electrons. The van der Waals surface area contributed by atoms with Gasteiger partial charge in [-0.2, -0.15) is 0 Å². The highest BCUT2D eigenvalue weighted by Gasteiger charge is 2.08. The number of halogens is 1. The molecule has 0 atom stereocenters. The lowest BCUT2D eigenvalue weighted by Crippen LogP contribution is -2.21. The summed E-state index contributed by atoms with van der Waals surface area (Å²) in [6.45, 7) is -16.5. The average Bonchev–Trinajstić information content (AvgIpc) is 2.66. The van der Waals surface area contributed by atoms with E-state index in [1.165, 1.54) is 0 Å². The van der Waals surface area contributed by atoms with Crippen LogP contribution >= 0.6 is 27.3 Å². The first-order valence-corrected chi connectivity index (χ1v) is 4.32. The first-order valence-electron chi connectivity index (χ1n) is 9.22. The predicted molar refractivity (Wildman–Crippen MR) is 58.1 cm³/mol. The van der Waals surface area contributed by atoms with E-state index in [9.17, 15) is 0 Å². The van der Waals surface area contributed by atoms with Gasteiger partial charge in [-0.3, -0.25) is 0 Å². The second kappa shape index (κ2) is 4.23. The molecule has 0 aliphatic heterocycles. The van der Waals surface area contributed by atoms with Gasteiger partial charge in [0.2, 0.25) is 0 Å². The second-order valence-corrected chi connectivity index (χ2v) is 3.40. The molecule has 0 fully saturated rings. The molecular formula is C8H13BrN2S. The zero-order valence-corrected chi connectivity index (χ0v) is 8.08. The van der Waals surface area contributed by atoms with Gasteiger partial charge >= 0.3 is 0 Å². The summed E-state index contributed by atoms with van der Waals surface area (Å²) in [7, 11) is 0. The van der Waals surface area contributed by atoms with Gasteiger partial charge in [-0.25, -0.2) is 4.98 Å². The van der Waals surface area contributed by atoms with Gasteiger partial charge in [0.15, 0.2) is 5.13 Å². The zero-order chi connectivity index (χ0) is 20.2. The number of aryl methyl sites for hydroxylation is 1. The van der Waals surface area contributed by atoms with Crippen molar-refractivity contribution >= 4 is 32.4 Å². The lowest BCUT2D eigenvalue weighted by molar-refractivity contribution is 0.858. The minimum atomic E-state index is -3.48. The standard InChI is InChI=1S/C8H13BrN2S/c1-4-11(5-2)8-10-7(9)6(3)12-8/h4-5H2,1-3H3/i1D3,2D3,3D3,4D2,5D2. The summed E-state index contributed by atoms with van der Waals surface area (Å²) in [5, 5.41) is -0.722. The molecule has 1 aromatic rings. The van der Waals surface area contributed by atoms with Crippen molar-refractivity contribution in [3.63, 3.8) is 0 Å². The van der Waals surface area contributed by atoms with E-state index in [4.69, 9.17) is 17.8 Å². The Kier molecular flexibility index (Phi) is 0.806. The van der Waals surface area contributed by atoms with E-state index >= 15 is 0 Å². The molecule has 0 spiro atoms. The fourth-order valence-corrected chi connectivity index (χ4v) is 1.67. The monoisotopic (exact) mass is 261 g/mol. The summed E-state index contributed by atoms with van der Waals surface area (Å²) < 4.78 is 96.8. The fraction of sp³-hybridized carbons (Fsp3) is 0.625. The van der Waals surface area contributed by atoms with Crippen LogP contribution in [0.2, 0.25) is 0 Å². The number of rotatable bonds is 3. The maximum absolute atomic E-state index is 7.79. The van der Waals surface area contributed by atoms with Crippen LogP contribution in [0.25, 0.3) is 0 Å². The van der Waals surface area contributed by atoms with Gasteiger partial charge in [0.25, 0.3) is 0 Å². The number of thiazole rings is 1. The van der Waals surface area contributed by atoms with Crippen molar-refractivity contribution in [1.82, 2.24) is 4.98 Å². The van der Waals surface area contributed by atoms with Crippen LogP contribution in [0.15, 0.2) is 4.60 Å². The average molecular weight is 262 g/mol. The maximum atomic E-state index is 7.79. The summed E-state index contributed by atoms with van der Waals surface area (Å²) >= 11 is 3.13. The molecule has 4 heteroatoms. The van der Waals surface area contributed by atoms with E-state index in [0.29, 0.717) is 0 Å². The fourth-order valence-electron chi connectivity index (χ4n) is 0.510. The summed E-state index contributed by atoms with van der Waals surface area (Å²) in [4.78, 5) is 3.13. The SMILES string of the molecule is [2H]C([2H])([2H])c1sc(N(C([2H])([2H])C([2H])([2H])[2H])C([2H])([2H])C([2H])([2H])[2H])nc1Br. The summed E-state index contributed by atoms with van der Waals surface area (Å²) in [5.74, 6) is 0. The van der Waals surface area contributed by atoms with Crippen LogP contribution in [0.1, 0.15) is 36.4 Å². The van der Waals surface area contributed by atoms with Crippen LogP contribution in [-0.4, -0.2) is 18.0 Å².